The standard InChI is InChI=1S/C15H23N3O2/c1-4-9-17-15(16-5-2)18-11-14(19)12-7-6-8-13(10-12)20-3/h4,6-8,10,14,19H,1,5,9,11H2,2-3H3,(H2,16,17,18). The fourth-order valence-electron chi connectivity index (χ4n) is 1.64. The van der Waals surface area contributed by atoms with E-state index in [-0.39, 0.29) is 6.54 Å². The van der Waals surface area contributed by atoms with Gasteiger partial charge in [0.15, 0.2) is 5.96 Å². The van der Waals surface area contributed by atoms with E-state index < -0.39 is 6.10 Å². The molecule has 0 spiro atoms. The summed E-state index contributed by atoms with van der Waals surface area (Å²) in [6.45, 7) is 7.30. The third-order valence-electron chi connectivity index (χ3n) is 2.66. The van der Waals surface area contributed by atoms with Crippen LogP contribution in [-0.2, 0) is 0 Å². The maximum Gasteiger partial charge on any atom is 0.191 e. The summed E-state index contributed by atoms with van der Waals surface area (Å²) < 4.78 is 5.14. The van der Waals surface area contributed by atoms with Crippen LogP contribution in [0.15, 0.2) is 41.9 Å². The van der Waals surface area contributed by atoms with E-state index in [2.05, 4.69) is 22.2 Å². The van der Waals surface area contributed by atoms with Crippen LogP contribution in [0.5, 0.6) is 5.75 Å². The molecular weight excluding hydrogens is 254 g/mol. The van der Waals surface area contributed by atoms with Gasteiger partial charge in [0.05, 0.1) is 19.8 Å². The number of benzene rings is 1. The van der Waals surface area contributed by atoms with Crippen LogP contribution in [0, 0.1) is 0 Å². The molecule has 0 aromatic heterocycles. The molecule has 0 bridgehead atoms. The second kappa shape index (κ2) is 8.98. The molecule has 110 valence electrons. The second-order valence-corrected chi connectivity index (χ2v) is 4.18. The Morgan fingerprint density at radius 3 is 2.95 bits per heavy atom. The third-order valence-corrected chi connectivity index (χ3v) is 2.66. The highest BCUT2D eigenvalue weighted by atomic mass is 16.5. The summed E-state index contributed by atoms with van der Waals surface area (Å²) in [6, 6.07) is 7.36. The first kappa shape index (κ1) is 16.0. The topological polar surface area (TPSA) is 65.9 Å². The SMILES string of the molecule is C=CCNC(=NCC(O)c1cccc(OC)c1)NCC. The average Bonchev–Trinajstić information content (AvgIpc) is 2.49. The Morgan fingerprint density at radius 2 is 2.30 bits per heavy atom. The summed E-state index contributed by atoms with van der Waals surface area (Å²) in [4.78, 5) is 4.34. The van der Waals surface area contributed by atoms with Crippen LogP contribution in [0.1, 0.15) is 18.6 Å². The van der Waals surface area contributed by atoms with Crippen LogP contribution in [0.2, 0.25) is 0 Å². The van der Waals surface area contributed by atoms with Crippen molar-refractivity contribution >= 4 is 5.96 Å². The van der Waals surface area contributed by atoms with E-state index in [9.17, 15) is 5.11 Å². The van der Waals surface area contributed by atoms with Crippen molar-refractivity contribution < 1.29 is 9.84 Å². The number of rotatable bonds is 7. The fraction of sp³-hybridized carbons (Fsp3) is 0.400. The van der Waals surface area contributed by atoms with Gasteiger partial charge in [-0.3, -0.25) is 4.99 Å². The molecule has 0 aliphatic rings. The normalized spacial score (nSPS) is 12.7. The number of aliphatic hydroxyl groups excluding tert-OH is 1. The summed E-state index contributed by atoms with van der Waals surface area (Å²) in [6.07, 6.45) is 1.09. The van der Waals surface area contributed by atoms with Crippen LogP contribution in [0.25, 0.3) is 0 Å². The second-order valence-electron chi connectivity index (χ2n) is 4.18. The smallest absolute Gasteiger partial charge is 0.191 e. The number of ether oxygens (including phenoxy) is 1. The monoisotopic (exact) mass is 277 g/mol. The predicted molar refractivity (Wildman–Crippen MR) is 82.1 cm³/mol. The van der Waals surface area contributed by atoms with Gasteiger partial charge in [-0.05, 0) is 24.6 Å². The largest absolute Gasteiger partial charge is 0.497 e. The van der Waals surface area contributed by atoms with Crippen molar-refractivity contribution in [2.24, 2.45) is 4.99 Å². The molecule has 3 N–H and O–H groups in total. The molecule has 5 heteroatoms. The molecule has 0 saturated heterocycles. The van der Waals surface area contributed by atoms with Gasteiger partial charge < -0.3 is 20.5 Å². The molecule has 0 radical (unpaired) electrons. The quantitative estimate of drug-likeness (QED) is 0.401. The third kappa shape index (κ3) is 5.32. The molecule has 0 saturated carbocycles. The number of guanidine groups is 1. The van der Waals surface area contributed by atoms with Crippen molar-refractivity contribution in [1.82, 2.24) is 10.6 Å². The summed E-state index contributed by atoms with van der Waals surface area (Å²) in [5, 5.41) is 16.3. The zero-order valence-electron chi connectivity index (χ0n) is 12.1. The average molecular weight is 277 g/mol. The van der Waals surface area contributed by atoms with Gasteiger partial charge in [0.25, 0.3) is 0 Å². The lowest BCUT2D eigenvalue weighted by Crippen LogP contribution is -2.37. The Morgan fingerprint density at radius 1 is 1.50 bits per heavy atom. The summed E-state index contributed by atoms with van der Waals surface area (Å²) in [5.41, 5.74) is 0.785. The number of hydrogen-bond acceptors (Lipinski definition) is 3. The zero-order valence-corrected chi connectivity index (χ0v) is 12.1. The lowest BCUT2D eigenvalue weighted by atomic mass is 10.1. The minimum atomic E-state index is -0.663. The molecule has 1 rings (SSSR count). The highest BCUT2D eigenvalue weighted by Crippen LogP contribution is 2.19. The molecular formula is C15H23N3O2. The van der Waals surface area contributed by atoms with Gasteiger partial charge in [-0.25, -0.2) is 0 Å². The lowest BCUT2D eigenvalue weighted by molar-refractivity contribution is 0.186. The molecule has 5 nitrogen and oxygen atoms in total. The zero-order chi connectivity index (χ0) is 14.8. The summed E-state index contributed by atoms with van der Waals surface area (Å²) in [5.74, 6) is 1.39. The summed E-state index contributed by atoms with van der Waals surface area (Å²) in [7, 11) is 1.60. The number of hydrogen-bond donors (Lipinski definition) is 3. The first-order chi connectivity index (χ1) is 9.71. The number of methoxy groups -OCH3 is 1. The van der Waals surface area contributed by atoms with Crippen molar-refractivity contribution in [2.45, 2.75) is 13.0 Å². The minimum Gasteiger partial charge on any atom is -0.497 e. The molecule has 0 aliphatic heterocycles. The van der Waals surface area contributed by atoms with Gasteiger partial charge in [-0.1, -0.05) is 18.2 Å². The van der Waals surface area contributed by atoms with Crippen LogP contribution in [0.3, 0.4) is 0 Å². The predicted octanol–water partition coefficient (Wildman–Crippen LogP) is 1.47. The van der Waals surface area contributed by atoms with E-state index >= 15 is 0 Å². The lowest BCUT2D eigenvalue weighted by Gasteiger charge is -2.13. The molecule has 0 amide bonds. The first-order valence-electron chi connectivity index (χ1n) is 6.66. The van der Waals surface area contributed by atoms with Gasteiger partial charge in [0.1, 0.15) is 5.75 Å². The highest BCUT2D eigenvalue weighted by Gasteiger charge is 2.08. The number of aliphatic imine (C=N–C) groups is 1. The van der Waals surface area contributed by atoms with Crippen molar-refractivity contribution in [3.63, 3.8) is 0 Å². The number of nitrogens with one attached hydrogen (secondary N) is 2. The Balaban J connectivity index is 2.66. The Labute approximate surface area is 120 Å². The Bertz CT molecular complexity index is 446. The highest BCUT2D eigenvalue weighted by molar-refractivity contribution is 5.79. The molecule has 0 fully saturated rings. The van der Waals surface area contributed by atoms with E-state index in [0.717, 1.165) is 17.9 Å². The Hall–Kier alpha value is -2.01. The van der Waals surface area contributed by atoms with E-state index in [1.165, 1.54) is 0 Å². The van der Waals surface area contributed by atoms with Gasteiger partial charge >= 0.3 is 0 Å². The van der Waals surface area contributed by atoms with Crippen molar-refractivity contribution in [1.29, 1.82) is 0 Å². The van der Waals surface area contributed by atoms with Crippen LogP contribution in [0.4, 0.5) is 0 Å². The molecule has 1 aromatic carbocycles. The first-order valence-corrected chi connectivity index (χ1v) is 6.66. The van der Waals surface area contributed by atoms with Crippen LogP contribution in [-0.4, -0.2) is 37.8 Å². The van der Waals surface area contributed by atoms with Crippen molar-refractivity contribution in [3.05, 3.63) is 42.5 Å². The maximum absolute atomic E-state index is 10.1. The van der Waals surface area contributed by atoms with E-state index in [1.54, 1.807) is 13.2 Å². The van der Waals surface area contributed by atoms with E-state index in [4.69, 9.17) is 4.74 Å². The fourth-order valence-corrected chi connectivity index (χ4v) is 1.64. The van der Waals surface area contributed by atoms with Crippen molar-refractivity contribution in [3.8, 4) is 5.75 Å². The van der Waals surface area contributed by atoms with Gasteiger partial charge in [-0.2, -0.15) is 0 Å². The molecule has 1 aromatic rings. The molecule has 1 atom stereocenters. The number of nitrogens with zero attached hydrogens (tertiary/aromatic N) is 1. The summed E-state index contributed by atoms with van der Waals surface area (Å²) >= 11 is 0. The molecule has 20 heavy (non-hydrogen) atoms. The molecule has 0 heterocycles. The van der Waals surface area contributed by atoms with Crippen LogP contribution >= 0.6 is 0 Å². The Kier molecular flexibility index (Phi) is 7.21. The van der Waals surface area contributed by atoms with Gasteiger partial charge in [-0.15, -0.1) is 6.58 Å². The number of aliphatic hydroxyl groups is 1. The molecule has 0 aliphatic carbocycles. The van der Waals surface area contributed by atoms with Crippen molar-refractivity contribution in [2.75, 3.05) is 26.7 Å². The van der Waals surface area contributed by atoms with Crippen LogP contribution < -0.4 is 15.4 Å². The van der Waals surface area contributed by atoms with Gasteiger partial charge in [0, 0.05) is 13.1 Å². The van der Waals surface area contributed by atoms with Gasteiger partial charge in [0.2, 0.25) is 0 Å². The van der Waals surface area contributed by atoms with E-state index in [0.29, 0.717) is 12.5 Å². The maximum atomic E-state index is 10.1. The minimum absolute atomic E-state index is 0.277. The van der Waals surface area contributed by atoms with E-state index in [1.807, 2.05) is 31.2 Å². The molecule has 1 unspecified atom stereocenters.